The highest BCUT2D eigenvalue weighted by Gasteiger charge is 2.09. The second-order valence-corrected chi connectivity index (χ2v) is 4.42. The highest BCUT2D eigenvalue weighted by atomic mass is 16.3. The van der Waals surface area contributed by atoms with E-state index in [-0.39, 0.29) is 11.8 Å². The third kappa shape index (κ3) is 5.18. The lowest BCUT2D eigenvalue weighted by atomic mass is 10.0. The monoisotopic (exact) mass is 288 g/mol. The van der Waals surface area contributed by atoms with Crippen LogP contribution in [0.15, 0.2) is 40.6 Å². The van der Waals surface area contributed by atoms with E-state index < -0.39 is 0 Å². The number of phenols is 1. The van der Waals surface area contributed by atoms with Gasteiger partial charge in [-0.05, 0) is 37.8 Å². The van der Waals surface area contributed by atoms with Gasteiger partial charge in [-0.25, -0.2) is 0 Å². The first-order valence-electron chi connectivity index (χ1n) is 7.71. The van der Waals surface area contributed by atoms with Gasteiger partial charge in [0.2, 0.25) is 0 Å². The first kappa shape index (κ1) is 19.1. The van der Waals surface area contributed by atoms with Gasteiger partial charge in [0, 0.05) is 5.39 Å². The molecule has 0 unspecified atom stereocenters. The molecule has 0 saturated carbocycles. The van der Waals surface area contributed by atoms with Crippen LogP contribution in [0.4, 0.5) is 5.69 Å². The number of nitrogens with zero attached hydrogens (tertiary/aromatic N) is 2. The van der Waals surface area contributed by atoms with Gasteiger partial charge in [-0.1, -0.05) is 52.0 Å². The number of hydrogen-bond acceptors (Lipinski definition) is 3. The van der Waals surface area contributed by atoms with Crippen LogP contribution in [-0.4, -0.2) is 11.1 Å². The highest BCUT2D eigenvalue weighted by Crippen LogP contribution is 2.37. The van der Waals surface area contributed by atoms with Crippen molar-refractivity contribution in [1.29, 1.82) is 0 Å². The van der Waals surface area contributed by atoms with Crippen molar-refractivity contribution in [3.63, 3.8) is 0 Å². The van der Waals surface area contributed by atoms with Crippen LogP contribution in [0.5, 0.6) is 5.75 Å². The van der Waals surface area contributed by atoms with Crippen LogP contribution in [0.25, 0.3) is 10.8 Å². The van der Waals surface area contributed by atoms with Crippen molar-refractivity contribution >= 4 is 16.5 Å². The molecular formula is C18H28N2O. The molecule has 3 nitrogen and oxygen atoms in total. The summed E-state index contributed by atoms with van der Waals surface area (Å²) >= 11 is 0. The summed E-state index contributed by atoms with van der Waals surface area (Å²) in [5, 5.41) is 20.2. The molecule has 0 saturated heterocycles. The lowest BCUT2D eigenvalue weighted by molar-refractivity contribution is 0.482. The molecule has 0 fully saturated rings. The van der Waals surface area contributed by atoms with E-state index in [1.165, 1.54) is 0 Å². The Labute approximate surface area is 128 Å². The van der Waals surface area contributed by atoms with Crippen molar-refractivity contribution in [2.24, 2.45) is 10.2 Å². The Balaban J connectivity index is 0.000000921. The van der Waals surface area contributed by atoms with Gasteiger partial charge in [0.1, 0.15) is 5.69 Å². The molecule has 0 aliphatic carbocycles. The molecular weight excluding hydrogens is 260 g/mol. The summed E-state index contributed by atoms with van der Waals surface area (Å²) in [4.78, 5) is 0. The maximum atomic E-state index is 10.2. The van der Waals surface area contributed by atoms with Crippen LogP contribution in [-0.2, 0) is 0 Å². The maximum absolute atomic E-state index is 10.2. The number of fused-ring (bicyclic) bond motifs is 1. The number of phenolic OH excluding ortho intramolecular Hbond substituents is 1. The fourth-order valence-corrected chi connectivity index (χ4v) is 1.75. The molecule has 0 spiro atoms. The molecule has 2 aromatic rings. The molecule has 0 bridgehead atoms. The Morgan fingerprint density at radius 1 is 1.00 bits per heavy atom. The van der Waals surface area contributed by atoms with Gasteiger partial charge >= 0.3 is 0 Å². The molecule has 116 valence electrons. The average molecular weight is 288 g/mol. The number of rotatable bonds is 2. The summed E-state index contributed by atoms with van der Waals surface area (Å²) in [6, 6.07) is 9.87. The SMILES string of the molecule is CC.CC.Cc1cc2ccccc2c(O)c1N=NC(C)C. The lowest BCUT2D eigenvalue weighted by Gasteiger charge is -2.07. The van der Waals surface area contributed by atoms with Gasteiger partial charge in [-0.2, -0.15) is 10.2 Å². The Hall–Kier alpha value is -1.90. The van der Waals surface area contributed by atoms with E-state index in [4.69, 9.17) is 0 Å². The summed E-state index contributed by atoms with van der Waals surface area (Å²) < 4.78 is 0. The van der Waals surface area contributed by atoms with E-state index in [1.807, 2.05) is 78.8 Å². The second kappa shape index (κ2) is 9.92. The summed E-state index contributed by atoms with van der Waals surface area (Å²) in [5.74, 6) is 0.213. The standard InChI is InChI=1S/C14H16N2O.2C2H6/c1-9(2)15-16-13-10(3)8-11-6-4-5-7-12(11)14(13)17;2*1-2/h4-9,17H,1-3H3;2*1-2H3. The molecule has 3 heteroatoms. The van der Waals surface area contributed by atoms with Gasteiger partial charge in [0.15, 0.2) is 5.75 Å². The van der Waals surface area contributed by atoms with E-state index in [0.29, 0.717) is 5.69 Å². The first-order chi connectivity index (χ1) is 10.1. The van der Waals surface area contributed by atoms with Crippen molar-refractivity contribution in [3.8, 4) is 5.75 Å². The zero-order valence-electron chi connectivity index (χ0n) is 14.3. The Kier molecular flexibility index (Phi) is 9.02. The summed E-state index contributed by atoms with van der Waals surface area (Å²) in [6.45, 7) is 13.8. The van der Waals surface area contributed by atoms with Crippen molar-refractivity contribution < 1.29 is 5.11 Å². The Bertz CT molecular complexity index is 575. The Morgan fingerprint density at radius 3 is 2.14 bits per heavy atom. The summed E-state index contributed by atoms with van der Waals surface area (Å²) in [5.41, 5.74) is 1.50. The predicted molar refractivity (Wildman–Crippen MR) is 92.7 cm³/mol. The van der Waals surface area contributed by atoms with Crippen molar-refractivity contribution in [2.45, 2.75) is 54.5 Å². The van der Waals surface area contributed by atoms with Crippen molar-refractivity contribution in [3.05, 3.63) is 35.9 Å². The number of benzene rings is 2. The average Bonchev–Trinajstić information content (AvgIpc) is 2.51. The van der Waals surface area contributed by atoms with E-state index in [1.54, 1.807) is 0 Å². The van der Waals surface area contributed by atoms with E-state index in [2.05, 4.69) is 10.2 Å². The smallest absolute Gasteiger partial charge is 0.151 e. The molecule has 21 heavy (non-hydrogen) atoms. The normalized spacial score (nSPS) is 10.1. The maximum Gasteiger partial charge on any atom is 0.151 e. The van der Waals surface area contributed by atoms with E-state index in [9.17, 15) is 5.11 Å². The lowest BCUT2D eigenvalue weighted by Crippen LogP contribution is -1.85. The molecule has 0 heterocycles. The van der Waals surface area contributed by atoms with Gasteiger partial charge in [-0.3, -0.25) is 0 Å². The fraction of sp³-hybridized carbons (Fsp3) is 0.444. The highest BCUT2D eigenvalue weighted by molar-refractivity contribution is 5.93. The van der Waals surface area contributed by atoms with Crippen LogP contribution >= 0.6 is 0 Å². The molecule has 0 amide bonds. The molecule has 0 atom stereocenters. The van der Waals surface area contributed by atoms with Gasteiger partial charge in [0.05, 0.1) is 6.04 Å². The minimum absolute atomic E-state index is 0.125. The number of hydrogen-bond donors (Lipinski definition) is 1. The molecule has 0 aromatic heterocycles. The second-order valence-electron chi connectivity index (χ2n) is 4.42. The van der Waals surface area contributed by atoms with Crippen LogP contribution in [0.3, 0.4) is 0 Å². The van der Waals surface area contributed by atoms with Crippen LogP contribution < -0.4 is 0 Å². The van der Waals surface area contributed by atoms with E-state index in [0.717, 1.165) is 16.3 Å². The zero-order chi connectivity index (χ0) is 16.4. The van der Waals surface area contributed by atoms with Gasteiger partial charge in [0.25, 0.3) is 0 Å². The summed E-state index contributed by atoms with van der Waals surface area (Å²) in [6.07, 6.45) is 0. The summed E-state index contributed by atoms with van der Waals surface area (Å²) in [7, 11) is 0. The van der Waals surface area contributed by atoms with Crippen LogP contribution in [0.2, 0.25) is 0 Å². The zero-order valence-corrected chi connectivity index (χ0v) is 14.3. The van der Waals surface area contributed by atoms with Gasteiger partial charge in [-0.15, -0.1) is 0 Å². The van der Waals surface area contributed by atoms with Crippen molar-refractivity contribution in [2.75, 3.05) is 0 Å². The van der Waals surface area contributed by atoms with Gasteiger partial charge < -0.3 is 5.11 Å². The fourth-order valence-electron chi connectivity index (χ4n) is 1.75. The Morgan fingerprint density at radius 2 is 1.57 bits per heavy atom. The minimum atomic E-state index is 0.125. The van der Waals surface area contributed by atoms with Crippen molar-refractivity contribution in [1.82, 2.24) is 0 Å². The molecule has 1 N–H and O–H groups in total. The third-order valence-corrected chi connectivity index (χ3v) is 2.57. The van der Waals surface area contributed by atoms with E-state index >= 15 is 0 Å². The van der Waals surface area contributed by atoms with Crippen LogP contribution in [0.1, 0.15) is 47.1 Å². The first-order valence-corrected chi connectivity index (χ1v) is 7.71. The number of aryl methyl sites for hydroxylation is 1. The topological polar surface area (TPSA) is 45.0 Å². The number of azo groups is 1. The molecule has 2 rings (SSSR count). The molecule has 2 aromatic carbocycles. The van der Waals surface area contributed by atoms with Crippen LogP contribution in [0, 0.1) is 6.92 Å². The quantitative estimate of drug-likeness (QED) is 0.638. The largest absolute Gasteiger partial charge is 0.505 e. The molecule has 0 aliphatic heterocycles. The third-order valence-electron chi connectivity index (χ3n) is 2.57. The molecule has 0 aliphatic rings. The molecule has 0 radical (unpaired) electrons. The predicted octanol–water partition coefficient (Wildman–Crippen LogP) is 6.40. The minimum Gasteiger partial charge on any atom is -0.505 e. The number of aromatic hydroxyl groups is 1.